The number of rotatable bonds is 4. The molecule has 5 nitrogen and oxygen atoms in total. The Labute approximate surface area is 129 Å². The number of benzene rings is 1. The van der Waals surface area contributed by atoms with Gasteiger partial charge in [-0.2, -0.15) is 0 Å². The second kappa shape index (κ2) is 5.75. The van der Waals surface area contributed by atoms with E-state index in [1.54, 1.807) is 24.3 Å². The van der Waals surface area contributed by atoms with Crippen LogP contribution >= 0.6 is 0 Å². The average Bonchev–Trinajstić information content (AvgIpc) is 2.78. The molecule has 3 rings (SSSR count). The number of nitrogens with zero attached hydrogens (tertiary/aromatic N) is 1. The standard InChI is InChI=1S/C17H18N2O3/c1-11(20)12-6-8-13(9-7-12)18-10-19-16(21)14-4-2-3-5-15(14)17(19)22/h2-3,6-9,14-15,18H,4-5,10H2,1H3/t14-,15-/m0/s1. The molecule has 0 unspecified atom stereocenters. The minimum absolute atomic E-state index is 0.00743. The Morgan fingerprint density at radius 3 is 2.14 bits per heavy atom. The van der Waals surface area contributed by atoms with Gasteiger partial charge in [-0.05, 0) is 44.0 Å². The minimum Gasteiger partial charge on any atom is -0.367 e. The van der Waals surface area contributed by atoms with E-state index >= 15 is 0 Å². The summed E-state index contributed by atoms with van der Waals surface area (Å²) in [6.45, 7) is 1.68. The molecular formula is C17H18N2O3. The van der Waals surface area contributed by atoms with E-state index in [0.29, 0.717) is 18.4 Å². The first-order chi connectivity index (χ1) is 10.6. The van der Waals surface area contributed by atoms with Crippen LogP contribution in [0.5, 0.6) is 0 Å². The number of likely N-dealkylation sites (tertiary alicyclic amines) is 1. The molecule has 2 aliphatic rings. The fourth-order valence-electron chi connectivity index (χ4n) is 3.02. The second-order valence-corrected chi connectivity index (χ2v) is 5.73. The molecular weight excluding hydrogens is 280 g/mol. The molecule has 1 aromatic rings. The maximum atomic E-state index is 12.3. The Morgan fingerprint density at radius 2 is 1.64 bits per heavy atom. The maximum absolute atomic E-state index is 12.3. The van der Waals surface area contributed by atoms with E-state index in [0.717, 1.165) is 5.69 Å². The molecule has 114 valence electrons. The molecule has 0 bridgehead atoms. The number of hydrogen-bond donors (Lipinski definition) is 1. The summed E-state index contributed by atoms with van der Waals surface area (Å²) in [7, 11) is 0. The van der Waals surface area contributed by atoms with Gasteiger partial charge in [0.2, 0.25) is 11.8 Å². The summed E-state index contributed by atoms with van der Waals surface area (Å²) in [5.74, 6) is -0.564. The van der Waals surface area contributed by atoms with Crippen LogP contribution in [0.3, 0.4) is 0 Å². The molecule has 1 aliphatic heterocycles. The Bertz CT molecular complexity index is 622. The monoisotopic (exact) mass is 298 g/mol. The molecule has 1 aliphatic carbocycles. The van der Waals surface area contributed by atoms with Crippen LogP contribution in [0.1, 0.15) is 30.1 Å². The molecule has 2 atom stereocenters. The zero-order valence-electron chi connectivity index (χ0n) is 12.4. The summed E-state index contributed by atoms with van der Waals surface area (Å²) in [5, 5.41) is 3.08. The largest absolute Gasteiger partial charge is 0.367 e. The molecule has 1 aromatic carbocycles. The molecule has 0 spiro atoms. The molecule has 1 fully saturated rings. The van der Waals surface area contributed by atoms with Gasteiger partial charge in [0.25, 0.3) is 0 Å². The number of anilines is 1. The molecule has 22 heavy (non-hydrogen) atoms. The molecule has 0 radical (unpaired) electrons. The Kier molecular flexibility index (Phi) is 3.79. The number of carbonyl (C=O) groups is 3. The number of fused-ring (bicyclic) bond motifs is 1. The Hall–Kier alpha value is -2.43. The lowest BCUT2D eigenvalue weighted by atomic mass is 9.85. The summed E-state index contributed by atoms with van der Waals surface area (Å²) in [6.07, 6.45) is 5.26. The lowest BCUT2D eigenvalue weighted by Gasteiger charge is -2.16. The molecule has 0 saturated carbocycles. The number of nitrogens with one attached hydrogen (secondary N) is 1. The van der Waals surface area contributed by atoms with Gasteiger partial charge in [-0.1, -0.05) is 12.2 Å². The first-order valence-electron chi connectivity index (χ1n) is 7.43. The van der Waals surface area contributed by atoms with Crippen molar-refractivity contribution in [3.63, 3.8) is 0 Å². The summed E-state index contributed by atoms with van der Waals surface area (Å²) >= 11 is 0. The topological polar surface area (TPSA) is 66.5 Å². The van der Waals surface area contributed by atoms with Gasteiger partial charge < -0.3 is 5.32 Å². The number of imide groups is 1. The quantitative estimate of drug-likeness (QED) is 0.526. The molecule has 0 aromatic heterocycles. The number of carbonyl (C=O) groups excluding carboxylic acids is 3. The van der Waals surface area contributed by atoms with Crippen molar-refractivity contribution in [3.05, 3.63) is 42.0 Å². The van der Waals surface area contributed by atoms with Crippen molar-refractivity contribution in [3.8, 4) is 0 Å². The minimum atomic E-state index is -0.195. The van der Waals surface area contributed by atoms with Crippen LogP contribution in [-0.4, -0.2) is 29.2 Å². The molecule has 5 heteroatoms. The highest BCUT2D eigenvalue weighted by atomic mass is 16.2. The average molecular weight is 298 g/mol. The van der Waals surface area contributed by atoms with Crippen LogP contribution in [-0.2, 0) is 9.59 Å². The third-order valence-electron chi connectivity index (χ3n) is 4.33. The SMILES string of the molecule is CC(=O)c1ccc(NCN2C(=O)[C@H]3CC=CC[C@@H]3C2=O)cc1. The first-order valence-corrected chi connectivity index (χ1v) is 7.43. The van der Waals surface area contributed by atoms with Gasteiger partial charge in [-0.3, -0.25) is 19.3 Å². The smallest absolute Gasteiger partial charge is 0.234 e. The van der Waals surface area contributed by atoms with Crippen molar-refractivity contribution >= 4 is 23.3 Å². The molecule has 2 amide bonds. The van der Waals surface area contributed by atoms with E-state index < -0.39 is 0 Å². The Balaban J connectivity index is 1.65. The number of Topliss-reactive ketones (excluding diaryl/α,β-unsaturated/α-hetero) is 1. The van der Waals surface area contributed by atoms with Crippen molar-refractivity contribution in [2.75, 3.05) is 12.0 Å². The maximum Gasteiger partial charge on any atom is 0.234 e. The number of ketones is 1. The second-order valence-electron chi connectivity index (χ2n) is 5.73. The van der Waals surface area contributed by atoms with Gasteiger partial charge >= 0.3 is 0 Å². The summed E-state index contributed by atoms with van der Waals surface area (Å²) < 4.78 is 0. The van der Waals surface area contributed by atoms with Crippen molar-refractivity contribution in [1.29, 1.82) is 0 Å². The van der Waals surface area contributed by atoms with E-state index in [4.69, 9.17) is 0 Å². The third-order valence-corrected chi connectivity index (χ3v) is 4.33. The highest BCUT2D eigenvalue weighted by Gasteiger charge is 2.46. The highest BCUT2D eigenvalue weighted by Crippen LogP contribution is 2.34. The first kappa shape index (κ1) is 14.5. The summed E-state index contributed by atoms with van der Waals surface area (Å²) in [6, 6.07) is 7.00. The van der Waals surface area contributed by atoms with Crippen molar-refractivity contribution in [1.82, 2.24) is 4.90 Å². The fourth-order valence-corrected chi connectivity index (χ4v) is 3.02. The van der Waals surface area contributed by atoms with E-state index in [2.05, 4.69) is 5.32 Å². The summed E-state index contributed by atoms with van der Waals surface area (Å²) in [4.78, 5) is 37.1. The molecule has 1 saturated heterocycles. The lowest BCUT2D eigenvalue weighted by molar-refractivity contribution is -0.139. The normalized spacial score (nSPS) is 23.6. The number of hydrogen-bond acceptors (Lipinski definition) is 4. The fraction of sp³-hybridized carbons (Fsp3) is 0.353. The molecule has 1 N–H and O–H groups in total. The van der Waals surface area contributed by atoms with Crippen molar-refractivity contribution in [2.24, 2.45) is 11.8 Å². The lowest BCUT2D eigenvalue weighted by Crippen LogP contribution is -2.35. The predicted molar refractivity (Wildman–Crippen MR) is 82.1 cm³/mol. The van der Waals surface area contributed by atoms with Crippen LogP contribution in [0.15, 0.2) is 36.4 Å². The predicted octanol–water partition coefficient (Wildman–Crippen LogP) is 2.21. The summed E-state index contributed by atoms with van der Waals surface area (Å²) in [5.41, 5.74) is 1.41. The van der Waals surface area contributed by atoms with Crippen LogP contribution in [0.4, 0.5) is 5.69 Å². The van der Waals surface area contributed by atoms with E-state index in [9.17, 15) is 14.4 Å². The van der Waals surface area contributed by atoms with Gasteiger partial charge in [-0.25, -0.2) is 0 Å². The van der Waals surface area contributed by atoms with Crippen LogP contribution in [0.2, 0.25) is 0 Å². The van der Waals surface area contributed by atoms with Gasteiger partial charge in [0.1, 0.15) is 0 Å². The van der Waals surface area contributed by atoms with Gasteiger partial charge in [-0.15, -0.1) is 0 Å². The van der Waals surface area contributed by atoms with Gasteiger partial charge in [0.15, 0.2) is 5.78 Å². The van der Waals surface area contributed by atoms with E-state index in [-0.39, 0.29) is 36.1 Å². The Morgan fingerprint density at radius 1 is 1.09 bits per heavy atom. The van der Waals surface area contributed by atoms with Gasteiger partial charge in [0, 0.05) is 11.3 Å². The van der Waals surface area contributed by atoms with Crippen LogP contribution in [0.25, 0.3) is 0 Å². The van der Waals surface area contributed by atoms with Crippen LogP contribution in [0, 0.1) is 11.8 Å². The zero-order chi connectivity index (χ0) is 15.7. The van der Waals surface area contributed by atoms with E-state index in [1.807, 2.05) is 12.2 Å². The van der Waals surface area contributed by atoms with Crippen molar-refractivity contribution < 1.29 is 14.4 Å². The van der Waals surface area contributed by atoms with Gasteiger partial charge in [0.05, 0.1) is 18.5 Å². The van der Waals surface area contributed by atoms with Crippen LogP contribution < -0.4 is 5.32 Å². The molecule has 1 heterocycles. The number of allylic oxidation sites excluding steroid dienone is 2. The highest BCUT2D eigenvalue weighted by molar-refractivity contribution is 6.05. The van der Waals surface area contributed by atoms with E-state index in [1.165, 1.54) is 11.8 Å². The zero-order valence-corrected chi connectivity index (χ0v) is 12.4. The number of amides is 2. The third kappa shape index (κ3) is 2.54. The van der Waals surface area contributed by atoms with Crippen molar-refractivity contribution in [2.45, 2.75) is 19.8 Å².